The largest absolute Gasteiger partial charge is 0.359 e. The lowest BCUT2D eigenvalue weighted by Crippen LogP contribution is -2.44. The van der Waals surface area contributed by atoms with Crippen molar-refractivity contribution in [3.8, 4) is 0 Å². The molecule has 1 fully saturated rings. The van der Waals surface area contributed by atoms with Crippen molar-refractivity contribution in [3.63, 3.8) is 0 Å². The molecule has 0 spiro atoms. The minimum atomic E-state index is -0.0284. The third-order valence-corrected chi connectivity index (χ3v) is 4.34. The summed E-state index contributed by atoms with van der Waals surface area (Å²) in [5.74, 6) is 0.246. The van der Waals surface area contributed by atoms with Gasteiger partial charge < -0.3 is 15.1 Å². The van der Waals surface area contributed by atoms with Gasteiger partial charge in [0.05, 0.1) is 5.92 Å². The second-order valence-electron chi connectivity index (χ2n) is 6.24. The van der Waals surface area contributed by atoms with E-state index in [9.17, 15) is 9.59 Å². The Morgan fingerprint density at radius 3 is 2.45 bits per heavy atom. The van der Waals surface area contributed by atoms with Gasteiger partial charge in [0.2, 0.25) is 11.8 Å². The summed E-state index contributed by atoms with van der Waals surface area (Å²) in [4.78, 5) is 28.4. The molecule has 0 aromatic heterocycles. The first-order valence-corrected chi connectivity index (χ1v) is 8.84. The fraction of sp³-hybridized carbons (Fsp3) is 0.882. The summed E-state index contributed by atoms with van der Waals surface area (Å²) in [7, 11) is 1.67. The van der Waals surface area contributed by atoms with Crippen molar-refractivity contribution in [1.29, 1.82) is 0 Å². The maximum Gasteiger partial charge on any atom is 0.224 e. The van der Waals surface area contributed by atoms with Gasteiger partial charge in [-0.25, -0.2) is 0 Å². The maximum absolute atomic E-state index is 12.3. The van der Waals surface area contributed by atoms with Gasteiger partial charge in [-0.3, -0.25) is 9.59 Å². The predicted molar refractivity (Wildman–Crippen MR) is 89.6 cm³/mol. The lowest BCUT2D eigenvalue weighted by Gasteiger charge is -2.32. The molecule has 0 aliphatic carbocycles. The van der Waals surface area contributed by atoms with E-state index in [-0.39, 0.29) is 17.7 Å². The average molecular weight is 311 g/mol. The molecule has 1 aliphatic rings. The van der Waals surface area contributed by atoms with Crippen LogP contribution in [0.4, 0.5) is 0 Å². The second-order valence-corrected chi connectivity index (χ2v) is 6.24. The van der Waals surface area contributed by atoms with Crippen LogP contribution in [0.5, 0.6) is 0 Å². The van der Waals surface area contributed by atoms with Crippen LogP contribution in [-0.4, -0.2) is 61.4 Å². The second kappa shape index (κ2) is 10.6. The smallest absolute Gasteiger partial charge is 0.224 e. The summed E-state index contributed by atoms with van der Waals surface area (Å²) < 4.78 is 0. The van der Waals surface area contributed by atoms with Crippen molar-refractivity contribution in [1.82, 2.24) is 15.1 Å². The van der Waals surface area contributed by atoms with E-state index in [1.165, 1.54) is 0 Å². The Bertz CT molecular complexity index is 341. The molecule has 5 heteroatoms. The van der Waals surface area contributed by atoms with Gasteiger partial charge in [0.25, 0.3) is 0 Å². The quantitative estimate of drug-likeness (QED) is 0.707. The van der Waals surface area contributed by atoms with E-state index in [0.29, 0.717) is 13.0 Å². The normalized spacial score (nSPS) is 18.5. The summed E-state index contributed by atoms with van der Waals surface area (Å²) in [6.07, 6.45) is 5.66. The Hall–Kier alpha value is -1.10. The average Bonchev–Trinajstić information content (AvgIpc) is 2.54. The van der Waals surface area contributed by atoms with Crippen LogP contribution in [0.2, 0.25) is 0 Å². The van der Waals surface area contributed by atoms with Crippen LogP contribution in [-0.2, 0) is 9.59 Å². The molecule has 0 aromatic rings. The third-order valence-electron chi connectivity index (χ3n) is 4.34. The van der Waals surface area contributed by atoms with E-state index >= 15 is 0 Å². The van der Waals surface area contributed by atoms with Crippen molar-refractivity contribution in [2.24, 2.45) is 5.92 Å². The van der Waals surface area contributed by atoms with E-state index < -0.39 is 0 Å². The van der Waals surface area contributed by atoms with Gasteiger partial charge in [0.15, 0.2) is 0 Å². The molecule has 128 valence electrons. The van der Waals surface area contributed by atoms with E-state index in [0.717, 1.165) is 58.3 Å². The van der Waals surface area contributed by atoms with Crippen molar-refractivity contribution < 1.29 is 9.59 Å². The Balaban J connectivity index is 2.33. The monoisotopic (exact) mass is 311 g/mol. The van der Waals surface area contributed by atoms with Crippen LogP contribution in [0.3, 0.4) is 0 Å². The minimum absolute atomic E-state index is 0.0284. The molecule has 1 saturated heterocycles. The number of hydrogen-bond acceptors (Lipinski definition) is 3. The molecule has 0 aromatic carbocycles. The van der Waals surface area contributed by atoms with Crippen LogP contribution in [0.15, 0.2) is 0 Å². The number of carbonyl (C=O) groups is 2. The number of piperidine rings is 1. The standard InChI is InChI=1S/C17H33N3O2/c1-4-10-19(11-5-2)12-7-9-16(21)20-13-6-8-15(14-20)17(22)18-3/h15H,4-14H2,1-3H3,(H,18,22). The van der Waals surface area contributed by atoms with Crippen molar-refractivity contribution >= 4 is 11.8 Å². The van der Waals surface area contributed by atoms with E-state index in [4.69, 9.17) is 0 Å². The number of likely N-dealkylation sites (tertiary alicyclic amines) is 1. The van der Waals surface area contributed by atoms with E-state index in [1.54, 1.807) is 7.05 Å². The highest BCUT2D eigenvalue weighted by molar-refractivity contribution is 5.81. The van der Waals surface area contributed by atoms with Gasteiger partial charge in [-0.05, 0) is 51.7 Å². The first kappa shape index (κ1) is 18.9. The van der Waals surface area contributed by atoms with Gasteiger partial charge in [0.1, 0.15) is 0 Å². The van der Waals surface area contributed by atoms with Crippen LogP contribution in [0.1, 0.15) is 52.4 Å². The number of amides is 2. The topological polar surface area (TPSA) is 52.7 Å². The number of rotatable bonds is 9. The number of carbonyl (C=O) groups excluding carboxylic acids is 2. The van der Waals surface area contributed by atoms with Gasteiger partial charge in [0, 0.05) is 26.6 Å². The molecule has 1 unspecified atom stereocenters. The first-order valence-electron chi connectivity index (χ1n) is 8.84. The Morgan fingerprint density at radius 1 is 1.18 bits per heavy atom. The van der Waals surface area contributed by atoms with Crippen LogP contribution >= 0.6 is 0 Å². The molecular formula is C17H33N3O2. The summed E-state index contributed by atoms with van der Waals surface area (Å²) in [5.41, 5.74) is 0. The number of nitrogens with zero attached hydrogens (tertiary/aromatic N) is 2. The molecule has 1 heterocycles. The van der Waals surface area contributed by atoms with Gasteiger partial charge in [-0.15, -0.1) is 0 Å². The summed E-state index contributed by atoms with van der Waals surface area (Å²) in [6.45, 7) is 9.02. The first-order chi connectivity index (χ1) is 10.6. The molecule has 5 nitrogen and oxygen atoms in total. The zero-order valence-corrected chi connectivity index (χ0v) is 14.6. The highest BCUT2D eigenvalue weighted by Gasteiger charge is 2.27. The minimum Gasteiger partial charge on any atom is -0.359 e. The molecule has 1 aliphatic heterocycles. The predicted octanol–water partition coefficient (Wildman–Crippen LogP) is 1.87. The van der Waals surface area contributed by atoms with Crippen molar-refractivity contribution in [2.75, 3.05) is 39.8 Å². The molecule has 22 heavy (non-hydrogen) atoms. The zero-order valence-electron chi connectivity index (χ0n) is 14.6. The van der Waals surface area contributed by atoms with E-state index in [1.807, 2.05) is 4.90 Å². The highest BCUT2D eigenvalue weighted by Crippen LogP contribution is 2.17. The van der Waals surface area contributed by atoms with Gasteiger partial charge >= 0.3 is 0 Å². The molecule has 0 bridgehead atoms. The SMILES string of the molecule is CCCN(CCC)CCCC(=O)N1CCCC(C(=O)NC)C1. The Labute approximate surface area is 135 Å². The summed E-state index contributed by atoms with van der Waals surface area (Å²) in [6, 6.07) is 0. The molecular weight excluding hydrogens is 278 g/mol. The third kappa shape index (κ3) is 6.34. The highest BCUT2D eigenvalue weighted by atomic mass is 16.2. The lowest BCUT2D eigenvalue weighted by atomic mass is 9.97. The van der Waals surface area contributed by atoms with Crippen LogP contribution < -0.4 is 5.32 Å². The summed E-state index contributed by atoms with van der Waals surface area (Å²) in [5, 5.41) is 2.70. The van der Waals surface area contributed by atoms with Gasteiger partial charge in [-0.1, -0.05) is 13.8 Å². The van der Waals surface area contributed by atoms with Crippen molar-refractivity contribution in [2.45, 2.75) is 52.4 Å². The number of hydrogen-bond donors (Lipinski definition) is 1. The summed E-state index contributed by atoms with van der Waals surface area (Å²) >= 11 is 0. The molecule has 0 saturated carbocycles. The molecule has 2 amide bonds. The van der Waals surface area contributed by atoms with E-state index in [2.05, 4.69) is 24.1 Å². The van der Waals surface area contributed by atoms with Crippen molar-refractivity contribution in [3.05, 3.63) is 0 Å². The molecule has 1 atom stereocenters. The maximum atomic E-state index is 12.3. The van der Waals surface area contributed by atoms with Crippen LogP contribution in [0.25, 0.3) is 0 Å². The molecule has 1 rings (SSSR count). The fourth-order valence-electron chi connectivity index (χ4n) is 3.20. The fourth-order valence-corrected chi connectivity index (χ4v) is 3.20. The van der Waals surface area contributed by atoms with Crippen LogP contribution in [0, 0.1) is 5.92 Å². The number of nitrogens with one attached hydrogen (secondary N) is 1. The molecule has 1 N–H and O–H groups in total. The Kier molecular flexibility index (Phi) is 9.13. The van der Waals surface area contributed by atoms with Gasteiger partial charge in [-0.2, -0.15) is 0 Å². The Morgan fingerprint density at radius 2 is 1.86 bits per heavy atom. The molecule has 0 radical (unpaired) electrons. The lowest BCUT2D eigenvalue weighted by molar-refractivity contribution is -0.135. The zero-order chi connectivity index (χ0) is 16.4.